The van der Waals surface area contributed by atoms with Crippen LogP contribution in [-0.4, -0.2) is 30.1 Å². The molecule has 0 bridgehead atoms. The Hall–Kier alpha value is -1.48. The minimum absolute atomic E-state index is 0.944. The Morgan fingerprint density at radius 1 is 1.41 bits per heavy atom. The molecule has 0 saturated heterocycles. The van der Waals surface area contributed by atoms with E-state index in [0.29, 0.717) is 0 Å². The van der Waals surface area contributed by atoms with Gasteiger partial charge in [0.2, 0.25) is 0 Å². The van der Waals surface area contributed by atoms with E-state index in [1.807, 2.05) is 6.07 Å². The molecule has 17 heavy (non-hydrogen) atoms. The summed E-state index contributed by atoms with van der Waals surface area (Å²) in [5.74, 6) is 0.944. The van der Waals surface area contributed by atoms with E-state index >= 15 is 0 Å². The van der Waals surface area contributed by atoms with E-state index in [1.54, 1.807) is 7.11 Å². The molecular weight excluding hydrogens is 212 g/mol. The van der Waals surface area contributed by atoms with Crippen LogP contribution in [0.25, 0.3) is 10.9 Å². The first kappa shape index (κ1) is 10.7. The van der Waals surface area contributed by atoms with Crippen LogP contribution >= 0.6 is 0 Å². The number of likely N-dealkylation sites (N-methyl/N-ethyl adjacent to an activating group) is 1. The first-order chi connectivity index (χ1) is 8.33. The minimum Gasteiger partial charge on any atom is -0.495 e. The van der Waals surface area contributed by atoms with Gasteiger partial charge in [0, 0.05) is 30.6 Å². The van der Waals surface area contributed by atoms with Gasteiger partial charge in [-0.1, -0.05) is 19.1 Å². The smallest absolute Gasteiger partial charge is 0.142 e. The van der Waals surface area contributed by atoms with Crippen LogP contribution in [0.4, 0.5) is 0 Å². The van der Waals surface area contributed by atoms with Gasteiger partial charge in [0.1, 0.15) is 5.75 Å². The molecule has 1 aliphatic rings. The summed E-state index contributed by atoms with van der Waals surface area (Å²) < 4.78 is 5.41. The van der Waals surface area contributed by atoms with Crippen LogP contribution in [0.3, 0.4) is 0 Å². The highest BCUT2D eigenvalue weighted by atomic mass is 16.5. The Balaban J connectivity index is 2.16. The SMILES string of the molecule is CCN1CCc2[nH]c3c(OC)cccc3c2C1. The molecule has 1 aliphatic heterocycles. The van der Waals surface area contributed by atoms with Gasteiger partial charge in [0.25, 0.3) is 0 Å². The van der Waals surface area contributed by atoms with Gasteiger partial charge in [-0.3, -0.25) is 4.90 Å². The predicted molar refractivity (Wildman–Crippen MR) is 69.5 cm³/mol. The molecule has 1 aromatic heterocycles. The Labute approximate surface area is 101 Å². The van der Waals surface area contributed by atoms with Crippen molar-refractivity contribution in [2.75, 3.05) is 20.2 Å². The summed E-state index contributed by atoms with van der Waals surface area (Å²) in [6.07, 6.45) is 1.11. The molecule has 1 N–H and O–H groups in total. The number of nitrogens with zero attached hydrogens (tertiary/aromatic N) is 1. The fourth-order valence-corrected chi connectivity index (χ4v) is 2.71. The molecule has 3 heteroatoms. The van der Waals surface area contributed by atoms with Crippen molar-refractivity contribution < 1.29 is 4.74 Å². The van der Waals surface area contributed by atoms with Crippen LogP contribution in [0.1, 0.15) is 18.2 Å². The second-order valence-electron chi connectivity index (χ2n) is 4.58. The Kier molecular flexibility index (Phi) is 2.56. The monoisotopic (exact) mass is 230 g/mol. The van der Waals surface area contributed by atoms with E-state index in [0.717, 1.165) is 37.3 Å². The van der Waals surface area contributed by atoms with Crippen LogP contribution in [0.2, 0.25) is 0 Å². The number of H-pyrrole nitrogens is 1. The molecule has 1 aromatic carbocycles. The summed E-state index contributed by atoms with van der Waals surface area (Å²) >= 11 is 0. The maximum absolute atomic E-state index is 5.41. The summed E-state index contributed by atoms with van der Waals surface area (Å²) in [7, 11) is 1.73. The Morgan fingerprint density at radius 3 is 3.06 bits per heavy atom. The summed E-state index contributed by atoms with van der Waals surface area (Å²) in [6.45, 7) is 5.55. The lowest BCUT2D eigenvalue weighted by Gasteiger charge is -2.25. The van der Waals surface area contributed by atoms with Gasteiger partial charge in [-0.15, -0.1) is 0 Å². The normalized spacial score (nSPS) is 16.1. The predicted octanol–water partition coefficient (Wildman–Crippen LogP) is 2.55. The number of nitrogens with one attached hydrogen (secondary N) is 1. The van der Waals surface area contributed by atoms with Gasteiger partial charge in [0.15, 0.2) is 0 Å². The average Bonchev–Trinajstić information content (AvgIpc) is 2.76. The van der Waals surface area contributed by atoms with Crippen molar-refractivity contribution in [3.05, 3.63) is 29.5 Å². The van der Waals surface area contributed by atoms with Crippen molar-refractivity contribution in [2.24, 2.45) is 0 Å². The van der Waals surface area contributed by atoms with Gasteiger partial charge < -0.3 is 9.72 Å². The number of methoxy groups -OCH3 is 1. The zero-order valence-corrected chi connectivity index (χ0v) is 10.4. The highest BCUT2D eigenvalue weighted by Crippen LogP contribution is 2.32. The molecule has 0 saturated carbocycles. The van der Waals surface area contributed by atoms with Gasteiger partial charge in [0.05, 0.1) is 12.6 Å². The summed E-state index contributed by atoms with van der Waals surface area (Å²) in [5.41, 5.74) is 3.99. The first-order valence-corrected chi connectivity index (χ1v) is 6.22. The van der Waals surface area contributed by atoms with E-state index in [9.17, 15) is 0 Å². The lowest BCUT2D eigenvalue weighted by atomic mass is 10.0. The van der Waals surface area contributed by atoms with Crippen molar-refractivity contribution in [3.8, 4) is 5.75 Å². The third-order valence-electron chi connectivity index (χ3n) is 3.72. The van der Waals surface area contributed by atoms with E-state index in [-0.39, 0.29) is 0 Å². The van der Waals surface area contributed by atoms with Crippen LogP contribution in [0, 0.1) is 0 Å². The highest BCUT2D eigenvalue weighted by molar-refractivity contribution is 5.89. The van der Waals surface area contributed by atoms with Crippen molar-refractivity contribution in [1.82, 2.24) is 9.88 Å². The Bertz CT molecular complexity index is 544. The second kappa shape index (κ2) is 4.08. The zero-order valence-electron chi connectivity index (χ0n) is 10.4. The molecule has 3 rings (SSSR count). The molecule has 3 nitrogen and oxygen atoms in total. The third-order valence-corrected chi connectivity index (χ3v) is 3.72. The number of aromatic amines is 1. The molecule has 2 heterocycles. The molecular formula is C14H18N2O. The van der Waals surface area contributed by atoms with E-state index in [1.165, 1.54) is 16.6 Å². The average molecular weight is 230 g/mol. The quantitative estimate of drug-likeness (QED) is 0.858. The number of fused-ring (bicyclic) bond motifs is 3. The van der Waals surface area contributed by atoms with E-state index in [4.69, 9.17) is 4.74 Å². The number of hydrogen-bond acceptors (Lipinski definition) is 2. The van der Waals surface area contributed by atoms with Crippen LogP contribution < -0.4 is 4.74 Å². The van der Waals surface area contributed by atoms with Crippen LogP contribution in [0.15, 0.2) is 18.2 Å². The van der Waals surface area contributed by atoms with Crippen LogP contribution in [-0.2, 0) is 13.0 Å². The molecule has 0 fully saturated rings. The zero-order chi connectivity index (χ0) is 11.8. The molecule has 0 amide bonds. The number of benzene rings is 1. The number of ether oxygens (including phenoxy) is 1. The fraction of sp³-hybridized carbons (Fsp3) is 0.429. The van der Waals surface area contributed by atoms with Gasteiger partial charge in [-0.05, 0) is 18.2 Å². The van der Waals surface area contributed by atoms with Gasteiger partial charge >= 0.3 is 0 Å². The summed E-state index contributed by atoms with van der Waals surface area (Å²) in [6, 6.07) is 6.27. The lowest BCUT2D eigenvalue weighted by Crippen LogP contribution is -2.29. The maximum Gasteiger partial charge on any atom is 0.142 e. The van der Waals surface area contributed by atoms with Gasteiger partial charge in [-0.2, -0.15) is 0 Å². The molecule has 0 spiro atoms. The highest BCUT2D eigenvalue weighted by Gasteiger charge is 2.20. The standard InChI is InChI=1S/C14H18N2O/c1-3-16-8-7-12-11(9-16)10-5-4-6-13(17-2)14(10)15-12/h4-6,15H,3,7-9H2,1-2H3. The number of para-hydroxylation sites is 1. The number of aromatic nitrogens is 1. The molecule has 90 valence electrons. The number of rotatable bonds is 2. The third kappa shape index (κ3) is 1.62. The minimum atomic E-state index is 0.944. The molecule has 0 atom stereocenters. The topological polar surface area (TPSA) is 28.3 Å². The van der Waals surface area contributed by atoms with Crippen molar-refractivity contribution in [1.29, 1.82) is 0 Å². The molecule has 0 unspecified atom stereocenters. The summed E-state index contributed by atoms with van der Waals surface area (Å²) in [5, 5.41) is 1.32. The van der Waals surface area contributed by atoms with E-state index < -0.39 is 0 Å². The lowest BCUT2D eigenvalue weighted by molar-refractivity contribution is 0.268. The van der Waals surface area contributed by atoms with E-state index in [2.05, 4.69) is 28.9 Å². The summed E-state index contributed by atoms with van der Waals surface area (Å²) in [4.78, 5) is 6.01. The molecule has 0 aliphatic carbocycles. The molecule has 0 radical (unpaired) electrons. The van der Waals surface area contributed by atoms with Crippen molar-refractivity contribution in [3.63, 3.8) is 0 Å². The fourth-order valence-electron chi connectivity index (χ4n) is 2.71. The van der Waals surface area contributed by atoms with Crippen molar-refractivity contribution >= 4 is 10.9 Å². The van der Waals surface area contributed by atoms with Gasteiger partial charge in [-0.25, -0.2) is 0 Å². The van der Waals surface area contributed by atoms with Crippen molar-refractivity contribution in [2.45, 2.75) is 19.9 Å². The number of hydrogen-bond donors (Lipinski definition) is 1. The second-order valence-corrected chi connectivity index (χ2v) is 4.58. The van der Waals surface area contributed by atoms with Crippen LogP contribution in [0.5, 0.6) is 5.75 Å². The largest absolute Gasteiger partial charge is 0.495 e. The first-order valence-electron chi connectivity index (χ1n) is 6.22. The Morgan fingerprint density at radius 2 is 2.29 bits per heavy atom. The maximum atomic E-state index is 5.41. The molecule has 2 aromatic rings.